The van der Waals surface area contributed by atoms with E-state index < -0.39 is 11.8 Å². The topological polar surface area (TPSA) is 46.5 Å². The van der Waals surface area contributed by atoms with E-state index in [4.69, 9.17) is 9.84 Å². The normalized spacial score (nSPS) is 12.2. The van der Waals surface area contributed by atoms with E-state index in [0.717, 1.165) is 0 Å². The molecular formula is C12H15FO3. The Balaban J connectivity index is 2.77. The molecule has 0 heterocycles. The molecule has 0 fully saturated rings. The summed E-state index contributed by atoms with van der Waals surface area (Å²) in [6, 6.07) is 4.89. The third-order valence-electron chi connectivity index (χ3n) is 2.35. The molecule has 1 aromatic rings. The minimum Gasteiger partial charge on any atom is -0.494 e. The van der Waals surface area contributed by atoms with Crippen LogP contribution in [0.2, 0.25) is 0 Å². The molecule has 0 aromatic heterocycles. The minimum atomic E-state index is -0.865. The zero-order chi connectivity index (χ0) is 12.1. The van der Waals surface area contributed by atoms with Gasteiger partial charge in [0.05, 0.1) is 7.11 Å². The van der Waals surface area contributed by atoms with Gasteiger partial charge in [0.25, 0.3) is 0 Å². The van der Waals surface area contributed by atoms with Crippen molar-refractivity contribution in [3.05, 3.63) is 29.6 Å². The lowest BCUT2D eigenvalue weighted by Gasteiger charge is -2.11. The standard InChI is InChI=1S/C12H15FO3/c1-8(7-11(14)15)6-9-4-3-5-10(16-2)12(9)13/h3-5,8H,6-7H2,1-2H3,(H,14,15). The molecule has 1 atom stereocenters. The van der Waals surface area contributed by atoms with E-state index in [2.05, 4.69) is 0 Å². The highest BCUT2D eigenvalue weighted by molar-refractivity contribution is 5.67. The van der Waals surface area contributed by atoms with Crippen LogP contribution >= 0.6 is 0 Å². The van der Waals surface area contributed by atoms with Crippen molar-refractivity contribution in [3.63, 3.8) is 0 Å². The van der Waals surface area contributed by atoms with Crippen LogP contribution in [0.1, 0.15) is 18.9 Å². The monoisotopic (exact) mass is 226 g/mol. The Morgan fingerprint density at radius 3 is 2.81 bits per heavy atom. The number of hydrogen-bond donors (Lipinski definition) is 1. The van der Waals surface area contributed by atoms with E-state index in [9.17, 15) is 9.18 Å². The predicted molar refractivity (Wildman–Crippen MR) is 58.1 cm³/mol. The molecule has 0 saturated carbocycles. The minimum absolute atomic E-state index is 0.0383. The first-order chi connectivity index (χ1) is 7.54. The van der Waals surface area contributed by atoms with Gasteiger partial charge in [0.1, 0.15) is 0 Å². The number of ether oxygens (including phenoxy) is 1. The number of carbonyl (C=O) groups is 1. The van der Waals surface area contributed by atoms with Crippen molar-refractivity contribution in [1.82, 2.24) is 0 Å². The molecular weight excluding hydrogens is 211 g/mol. The van der Waals surface area contributed by atoms with Crippen LogP contribution in [0.4, 0.5) is 4.39 Å². The Kier molecular flexibility index (Phi) is 4.28. The van der Waals surface area contributed by atoms with Gasteiger partial charge in [0.2, 0.25) is 0 Å². The lowest BCUT2D eigenvalue weighted by molar-refractivity contribution is -0.137. The maximum atomic E-state index is 13.7. The SMILES string of the molecule is COc1cccc(CC(C)CC(=O)O)c1F. The lowest BCUT2D eigenvalue weighted by Crippen LogP contribution is -2.08. The summed E-state index contributed by atoms with van der Waals surface area (Å²) in [5.74, 6) is -1.17. The number of aliphatic carboxylic acids is 1. The number of methoxy groups -OCH3 is 1. The van der Waals surface area contributed by atoms with Crippen molar-refractivity contribution < 1.29 is 19.0 Å². The Morgan fingerprint density at radius 1 is 1.56 bits per heavy atom. The van der Waals surface area contributed by atoms with Crippen LogP contribution in [0.25, 0.3) is 0 Å². The largest absolute Gasteiger partial charge is 0.494 e. The summed E-state index contributed by atoms with van der Waals surface area (Å²) in [7, 11) is 1.41. The van der Waals surface area contributed by atoms with E-state index in [1.54, 1.807) is 25.1 Å². The molecule has 1 unspecified atom stereocenters. The van der Waals surface area contributed by atoms with E-state index in [1.165, 1.54) is 7.11 Å². The second kappa shape index (κ2) is 5.49. The number of benzene rings is 1. The summed E-state index contributed by atoms with van der Waals surface area (Å²) in [5, 5.41) is 8.61. The van der Waals surface area contributed by atoms with Crippen LogP contribution in [-0.2, 0) is 11.2 Å². The van der Waals surface area contributed by atoms with Crippen molar-refractivity contribution in [2.75, 3.05) is 7.11 Å². The summed E-state index contributed by atoms with van der Waals surface area (Å²) in [6.07, 6.45) is 0.436. The van der Waals surface area contributed by atoms with Gasteiger partial charge in [-0.3, -0.25) is 4.79 Å². The van der Waals surface area contributed by atoms with Crippen molar-refractivity contribution in [3.8, 4) is 5.75 Å². The Bertz CT molecular complexity index is 377. The van der Waals surface area contributed by atoms with Crippen LogP contribution in [0.5, 0.6) is 5.75 Å². The molecule has 0 radical (unpaired) electrons. The first kappa shape index (κ1) is 12.5. The van der Waals surface area contributed by atoms with Crippen LogP contribution in [0, 0.1) is 11.7 Å². The first-order valence-electron chi connectivity index (χ1n) is 5.07. The van der Waals surface area contributed by atoms with Gasteiger partial charge in [-0.2, -0.15) is 0 Å². The maximum Gasteiger partial charge on any atom is 0.303 e. The van der Waals surface area contributed by atoms with Crippen LogP contribution in [0.3, 0.4) is 0 Å². The zero-order valence-electron chi connectivity index (χ0n) is 9.37. The van der Waals surface area contributed by atoms with Gasteiger partial charge in [-0.25, -0.2) is 4.39 Å². The van der Waals surface area contributed by atoms with Crippen LogP contribution in [-0.4, -0.2) is 18.2 Å². The molecule has 0 saturated heterocycles. The summed E-state index contributed by atoms with van der Waals surface area (Å²) >= 11 is 0. The Hall–Kier alpha value is -1.58. The second-order valence-electron chi connectivity index (χ2n) is 3.84. The molecule has 88 valence electrons. The predicted octanol–water partition coefficient (Wildman–Crippen LogP) is 2.49. The fourth-order valence-electron chi connectivity index (χ4n) is 1.62. The van der Waals surface area contributed by atoms with E-state index >= 15 is 0 Å². The highest BCUT2D eigenvalue weighted by Crippen LogP contribution is 2.22. The van der Waals surface area contributed by atoms with Gasteiger partial charge in [0, 0.05) is 6.42 Å². The number of carboxylic acids is 1. The fraction of sp³-hybridized carbons (Fsp3) is 0.417. The third-order valence-corrected chi connectivity index (χ3v) is 2.35. The van der Waals surface area contributed by atoms with Gasteiger partial charge in [-0.1, -0.05) is 19.1 Å². The Morgan fingerprint density at radius 2 is 2.25 bits per heavy atom. The summed E-state index contributed by atoms with van der Waals surface area (Å²) < 4.78 is 18.6. The van der Waals surface area contributed by atoms with Crippen molar-refractivity contribution in [2.24, 2.45) is 5.92 Å². The first-order valence-corrected chi connectivity index (χ1v) is 5.07. The highest BCUT2D eigenvalue weighted by Gasteiger charge is 2.13. The van der Waals surface area contributed by atoms with Crippen LogP contribution in [0.15, 0.2) is 18.2 Å². The number of halogens is 1. The van der Waals surface area contributed by atoms with Crippen molar-refractivity contribution in [2.45, 2.75) is 19.8 Å². The summed E-state index contributed by atoms with van der Waals surface area (Å²) in [6.45, 7) is 1.78. The molecule has 0 aliphatic heterocycles. The molecule has 0 aliphatic carbocycles. The molecule has 0 amide bonds. The van der Waals surface area contributed by atoms with E-state index in [0.29, 0.717) is 12.0 Å². The van der Waals surface area contributed by atoms with Gasteiger partial charge in [-0.05, 0) is 24.0 Å². The van der Waals surface area contributed by atoms with Gasteiger partial charge < -0.3 is 9.84 Å². The van der Waals surface area contributed by atoms with E-state index in [-0.39, 0.29) is 18.1 Å². The number of rotatable bonds is 5. The lowest BCUT2D eigenvalue weighted by atomic mass is 9.97. The van der Waals surface area contributed by atoms with Gasteiger partial charge in [-0.15, -0.1) is 0 Å². The van der Waals surface area contributed by atoms with Crippen LogP contribution < -0.4 is 4.74 Å². The quantitative estimate of drug-likeness (QED) is 0.839. The highest BCUT2D eigenvalue weighted by atomic mass is 19.1. The molecule has 3 nitrogen and oxygen atoms in total. The average molecular weight is 226 g/mol. The molecule has 0 aliphatic rings. The fourth-order valence-corrected chi connectivity index (χ4v) is 1.62. The third kappa shape index (κ3) is 3.22. The number of hydrogen-bond acceptors (Lipinski definition) is 2. The summed E-state index contributed by atoms with van der Waals surface area (Å²) in [5.41, 5.74) is 0.494. The Labute approximate surface area is 93.9 Å². The molecule has 0 bridgehead atoms. The zero-order valence-corrected chi connectivity index (χ0v) is 9.37. The molecule has 1 aromatic carbocycles. The number of carboxylic acid groups (broad SMARTS) is 1. The molecule has 16 heavy (non-hydrogen) atoms. The smallest absolute Gasteiger partial charge is 0.303 e. The molecule has 4 heteroatoms. The van der Waals surface area contributed by atoms with Gasteiger partial charge >= 0.3 is 5.97 Å². The second-order valence-corrected chi connectivity index (χ2v) is 3.84. The summed E-state index contributed by atoms with van der Waals surface area (Å²) in [4.78, 5) is 10.5. The molecule has 0 spiro atoms. The maximum absolute atomic E-state index is 13.7. The van der Waals surface area contributed by atoms with Crippen molar-refractivity contribution in [1.29, 1.82) is 0 Å². The molecule has 1 N–H and O–H groups in total. The molecule has 1 rings (SSSR count). The van der Waals surface area contributed by atoms with Crippen molar-refractivity contribution >= 4 is 5.97 Å². The van der Waals surface area contributed by atoms with Gasteiger partial charge in [0.15, 0.2) is 11.6 Å². The van der Waals surface area contributed by atoms with E-state index in [1.807, 2.05) is 0 Å². The average Bonchev–Trinajstić information content (AvgIpc) is 2.20.